The first-order valence-corrected chi connectivity index (χ1v) is 8.25. The summed E-state index contributed by atoms with van der Waals surface area (Å²) in [6.45, 7) is 3.27. The number of benzene rings is 2. The molecule has 1 amide bonds. The van der Waals surface area contributed by atoms with Crippen molar-refractivity contribution >= 4 is 43.5 Å². The lowest BCUT2D eigenvalue weighted by molar-refractivity contribution is 0.0956. The van der Waals surface area contributed by atoms with Crippen LogP contribution >= 0.6 is 31.9 Å². The highest BCUT2D eigenvalue weighted by molar-refractivity contribution is 9.13. The highest BCUT2D eigenvalue weighted by atomic mass is 79.9. The number of amides is 1. The fourth-order valence-electron chi connectivity index (χ4n) is 1.86. The van der Waals surface area contributed by atoms with Crippen LogP contribution in [-0.4, -0.2) is 12.5 Å². The van der Waals surface area contributed by atoms with Crippen LogP contribution in [0.15, 0.2) is 51.4 Å². The Kier molecular flexibility index (Phi) is 5.82. The molecule has 0 atom stereocenters. The van der Waals surface area contributed by atoms with Gasteiger partial charge in [-0.15, -0.1) is 0 Å². The Bertz CT molecular complexity index is 627. The molecule has 110 valence electrons. The van der Waals surface area contributed by atoms with E-state index in [2.05, 4.69) is 54.6 Å². The van der Waals surface area contributed by atoms with Crippen LogP contribution < -0.4 is 10.6 Å². The molecule has 0 saturated carbocycles. The van der Waals surface area contributed by atoms with Crippen LogP contribution in [0, 0.1) is 0 Å². The minimum Gasteiger partial charge on any atom is -0.381 e. The van der Waals surface area contributed by atoms with Gasteiger partial charge in [-0.2, -0.15) is 0 Å². The molecular weight excluding hydrogens is 396 g/mol. The number of hydrogen-bond acceptors (Lipinski definition) is 2. The molecule has 0 unspecified atom stereocenters. The molecule has 0 saturated heterocycles. The van der Waals surface area contributed by atoms with Gasteiger partial charge in [0.25, 0.3) is 5.91 Å². The van der Waals surface area contributed by atoms with E-state index in [0.29, 0.717) is 12.1 Å². The van der Waals surface area contributed by atoms with Gasteiger partial charge in [0.05, 0.1) is 0 Å². The molecule has 21 heavy (non-hydrogen) atoms. The summed E-state index contributed by atoms with van der Waals surface area (Å²) in [5, 5.41) is 6.12. The van der Waals surface area contributed by atoms with Gasteiger partial charge in [-0.1, -0.05) is 6.07 Å². The number of hydrogen-bond donors (Lipinski definition) is 2. The monoisotopic (exact) mass is 410 g/mol. The number of halogens is 2. The third kappa shape index (κ3) is 4.58. The van der Waals surface area contributed by atoms with E-state index in [0.717, 1.165) is 21.2 Å². The molecule has 0 aliphatic carbocycles. The molecule has 0 aromatic heterocycles. The van der Waals surface area contributed by atoms with E-state index < -0.39 is 0 Å². The number of rotatable bonds is 5. The van der Waals surface area contributed by atoms with Gasteiger partial charge in [-0.3, -0.25) is 4.79 Å². The molecule has 2 rings (SSSR count). The van der Waals surface area contributed by atoms with Crippen molar-refractivity contribution in [3.63, 3.8) is 0 Å². The van der Waals surface area contributed by atoms with E-state index >= 15 is 0 Å². The fourth-order valence-corrected chi connectivity index (χ4v) is 2.53. The molecule has 2 aromatic rings. The minimum atomic E-state index is -0.0408. The van der Waals surface area contributed by atoms with Crippen molar-refractivity contribution in [2.24, 2.45) is 0 Å². The van der Waals surface area contributed by atoms with E-state index in [9.17, 15) is 4.79 Å². The number of carbonyl (C=O) groups is 1. The van der Waals surface area contributed by atoms with Gasteiger partial charge in [-0.05, 0) is 80.7 Å². The summed E-state index contributed by atoms with van der Waals surface area (Å²) in [4.78, 5) is 11.7. The first-order chi connectivity index (χ1) is 10.1. The zero-order valence-corrected chi connectivity index (χ0v) is 14.8. The van der Waals surface area contributed by atoms with Gasteiger partial charge in [0, 0.05) is 33.3 Å². The van der Waals surface area contributed by atoms with Gasteiger partial charge in [-0.25, -0.2) is 0 Å². The summed E-state index contributed by atoms with van der Waals surface area (Å²) in [7, 11) is 0. The highest BCUT2D eigenvalue weighted by Gasteiger charge is 2.03. The zero-order chi connectivity index (χ0) is 15.2. The fraction of sp³-hybridized carbons (Fsp3) is 0.188. The summed E-state index contributed by atoms with van der Waals surface area (Å²) in [6, 6.07) is 13.6. The molecule has 2 N–H and O–H groups in total. The smallest absolute Gasteiger partial charge is 0.251 e. The predicted octanol–water partition coefficient (Wildman–Crippen LogP) is 4.57. The third-order valence-corrected chi connectivity index (χ3v) is 4.84. The molecule has 0 aliphatic rings. The minimum absolute atomic E-state index is 0.0408. The Labute approximate surface area is 141 Å². The number of carbonyl (C=O) groups excluding carboxylic acids is 1. The van der Waals surface area contributed by atoms with Crippen LogP contribution in [0.2, 0.25) is 0 Å². The molecule has 3 nitrogen and oxygen atoms in total. The molecule has 5 heteroatoms. The second-order valence-electron chi connectivity index (χ2n) is 4.54. The number of nitrogens with one attached hydrogen (secondary N) is 2. The molecule has 0 fully saturated rings. The largest absolute Gasteiger partial charge is 0.381 e. The van der Waals surface area contributed by atoms with Crippen molar-refractivity contribution in [2.45, 2.75) is 13.5 Å². The quantitative estimate of drug-likeness (QED) is 0.756. The van der Waals surface area contributed by atoms with Crippen molar-refractivity contribution in [3.8, 4) is 0 Å². The molecule has 2 aromatic carbocycles. The first kappa shape index (κ1) is 16.0. The van der Waals surface area contributed by atoms with Gasteiger partial charge in [0.15, 0.2) is 0 Å². The summed E-state index contributed by atoms with van der Waals surface area (Å²) in [6.07, 6.45) is 0. The molecule has 0 heterocycles. The predicted molar refractivity (Wildman–Crippen MR) is 93.6 cm³/mol. The van der Waals surface area contributed by atoms with E-state index in [4.69, 9.17) is 0 Å². The van der Waals surface area contributed by atoms with Gasteiger partial charge in [0.2, 0.25) is 0 Å². The lowest BCUT2D eigenvalue weighted by atomic mass is 10.2. The average molecular weight is 412 g/mol. The van der Waals surface area contributed by atoms with Crippen molar-refractivity contribution in [3.05, 3.63) is 62.5 Å². The first-order valence-electron chi connectivity index (χ1n) is 6.66. The lowest BCUT2D eigenvalue weighted by Gasteiger charge is -2.08. The molecule has 0 aliphatic heterocycles. The Morgan fingerprint density at radius 2 is 1.76 bits per heavy atom. The van der Waals surface area contributed by atoms with Gasteiger partial charge >= 0.3 is 0 Å². The Balaban J connectivity index is 1.97. The van der Waals surface area contributed by atoms with E-state index in [1.807, 2.05) is 37.3 Å². The van der Waals surface area contributed by atoms with Crippen molar-refractivity contribution in [2.75, 3.05) is 11.9 Å². The normalized spacial score (nSPS) is 10.2. The standard InChI is InChI=1S/C16H16Br2N2O/c1-2-19-16(21)12-4-6-13(7-5-12)20-10-11-3-8-14(17)15(18)9-11/h3-9,20H,2,10H2,1H3,(H,19,21). The zero-order valence-electron chi connectivity index (χ0n) is 11.6. The summed E-state index contributed by atoms with van der Waals surface area (Å²) in [5.41, 5.74) is 2.84. The van der Waals surface area contributed by atoms with Crippen LogP contribution in [0.5, 0.6) is 0 Å². The number of anilines is 1. The third-order valence-electron chi connectivity index (χ3n) is 2.97. The van der Waals surface area contributed by atoms with Gasteiger partial charge in [0.1, 0.15) is 0 Å². The van der Waals surface area contributed by atoms with Crippen LogP contribution in [0.3, 0.4) is 0 Å². The molecule has 0 spiro atoms. The van der Waals surface area contributed by atoms with E-state index in [1.54, 1.807) is 0 Å². The second kappa shape index (κ2) is 7.61. The lowest BCUT2D eigenvalue weighted by Crippen LogP contribution is -2.22. The van der Waals surface area contributed by atoms with Crippen LogP contribution in [0.25, 0.3) is 0 Å². The van der Waals surface area contributed by atoms with Crippen molar-refractivity contribution in [1.82, 2.24) is 5.32 Å². The van der Waals surface area contributed by atoms with Crippen molar-refractivity contribution in [1.29, 1.82) is 0 Å². The molecule has 0 radical (unpaired) electrons. The molecular formula is C16H16Br2N2O. The topological polar surface area (TPSA) is 41.1 Å². The van der Waals surface area contributed by atoms with Crippen LogP contribution in [0.4, 0.5) is 5.69 Å². The van der Waals surface area contributed by atoms with Crippen LogP contribution in [-0.2, 0) is 6.54 Å². The van der Waals surface area contributed by atoms with Gasteiger partial charge < -0.3 is 10.6 Å². The van der Waals surface area contributed by atoms with E-state index in [1.165, 1.54) is 5.56 Å². The maximum atomic E-state index is 11.7. The summed E-state index contributed by atoms with van der Waals surface area (Å²) >= 11 is 6.95. The summed E-state index contributed by atoms with van der Waals surface area (Å²) < 4.78 is 2.07. The molecule has 0 bridgehead atoms. The Morgan fingerprint density at radius 1 is 1.05 bits per heavy atom. The maximum Gasteiger partial charge on any atom is 0.251 e. The van der Waals surface area contributed by atoms with Crippen molar-refractivity contribution < 1.29 is 4.79 Å². The summed E-state index contributed by atoms with van der Waals surface area (Å²) in [5.74, 6) is -0.0408. The SMILES string of the molecule is CCNC(=O)c1ccc(NCc2ccc(Br)c(Br)c2)cc1. The maximum absolute atomic E-state index is 11.7. The van der Waals surface area contributed by atoms with E-state index in [-0.39, 0.29) is 5.91 Å². The van der Waals surface area contributed by atoms with Crippen LogP contribution in [0.1, 0.15) is 22.8 Å². The highest BCUT2D eigenvalue weighted by Crippen LogP contribution is 2.24. The second-order valence-corrected chi connectivity index (χ2v) is 6.25. The average Bonchev–Trinajstić information content (AvgIpc) is 2.49. The Morgan fingerprint density at radius 3 is 2.38 bits per heavy atom. The Hall–Kier alpha value is -1.33.